The number of alkyl halides is 3. The van der Waals surface area contributed by atoms with Crippen LogP contribution in [-0.4, -0.2) is 11.1 Å². The molecular weight excluding hydrogens is 273 g/mol. The molecule has 0 spiro atoms. The molecule has 2 aromatic rings. The van der Waals surface area contributed by atoms with E-state index in [4.69, 9.17) is 5.11 Å². The summed E-state index contributed by atoms with van der Waals surface area (Å²) in [6.07, 6.45) is -4.56. The van der Waals surface area contributed by atoms with Crippen LogP contribution in [0.25, 0.3) is 11.1 Å². The highest BCUT2D eigenvalue weighted by molar-refractivity contribution is 5.92. The number of carboxylic acid groups (broad SMARTS) is 1. The van der Waals surface area contributed by atoms with Gasteiger partial charge in [0.2, 0.25) is 0 Å². The Morgan fingerprint density at radius 1 is 1.10 bits per heavy atom. The molecule has 0 aliphatic heterocycles. The molecular formula is C14H8F3O3-. The van der Waals surface area contributed by atoms with Crippen LogP contribution in [0.4, 0.5) is 13.2 Å². The molecule has 0 radical (unpaired) electrons. The van der Waals surface area contributed by atoms with E-state index in [9.17, 15) is 23.1 Å². The van der Waals surface area contributed by atoms with Crippen molar-refractivity contribution in [2.75, 3.05) is 0 Å². The van der Waals surface area contributed by atoms with Crippen LogP contribution in [0.1, 0.15) is 15.9 Å². The number of aromatic carboxylic acids is 1. The number of carboxylic acids is 1. The molecule has 1 N–H and O–H groups in total. The fourth-order valence-electron chi connectivity index (χ4n) is 1.85. The Balaban J connectivity index is 2.64. The molecule has 6 heteroatoms. The van der Waals surface area contributed by atoms with E-state index in [1.54, 1.807) is 0 Å². The number of benzene rings is 2. The average molecular weight is 281 g/mol. The molecule has 20 heavy (non-hydrogen) atoms. The van der Waals surface area contributed by atoms with Gasteiger partial charge < -0.3 is 10.2 Å². The molecule has 0 fully saturated rings. The highest BCUT2D eigenvalue weighted by atomic mass is 19.4. The van der Waals surface area contributed by atoms with Gasteiger partial charge in [0.25, 0.3) is 0 Å². The fraction of sp³-hybridized carbons (Fsp3) is 0.0714. The average Bonchev–Trinajstić information content (AvgIpc) is 2.38. The van der Waals surface area contributed by atoms with E-state index in [0.29, 0.717) is 0 Å². The lowest BCUT2D eigenvalue weighted by molar-refractivity contribution is -0.268. The van der Waals surface area contributed by atoms with Gasteiger partial charge >= 0.3 is 12.1 Å². The van der Waals surface area contributed by atoms with Crippen molar-refractivity contribution in [2.24, 2.45) is 0 Å². The summed E-state index contributed by atoms with van der Waals surface area (Å²) in [6.45, 7) is 0. The minimum absolute atomic E-state index is 0.0370. The van der Waals surface area contributed by atoms with E-state index >= 15 is 0 Å². The van der Waals surface area contributed by atoms with E-state index in [0.717, 1.165) is 18.2 Å². The monoisotopic (exact) mass is 281 g/mol. The Morgan fingerprint density at radius 3 is 2.35 bits per heavy atom. The first-order valence-corrected chi connectivity index (χ1v) is 5.51. The molecule has 2 rings (SSSR count). The number of halogens is 3. The molecule has 104 valence electrons. The first kappa shape index (κ1) is 13.9. The summed E-state index contributed by atoms with van der Waals surface area (Å²) < 4.78 is 38.7. The van der Waals surface area contributed by atoms with Crippen LogP contribution in [0.3, 0.4) is 0 Å². The third kappa shape index (κ3) is 2.59. The number of rotatable bonds is 2. The Morgan fingerprint density at radius 2 is 1.75 bits per heavy atom. The molecule has 0 atom stereocenters. The highest BCUT2D eigenvalue weighted by Gasteiger charge is 2.33. The number of carbonyl (C=O) groups is 1. The molecule has 0 amide bonds. The second-order valence-electron chi connectivity index (χ2n) is 4.06. The van der Waals surface area contributed by atoms with Gasteiger partial charge in [-0.1, -0.05) is 36.1 Å². The second-order valence-corrected chi connectivity index (χ2v) is 4.06. The van der Waals surface area contributed by atoms with Gasteiger partial charge in [-0.2, -0.15) is 13.2 Å². The fourth-order valence-corrected chi connectivity index (χ4v) is 1.85. The first-order chi connectivity index (χ1) is 9.30. The quantitative estimate of drug-likeness (QED) is 0.919. The summed E-state index contributed by atoms with van der Waals surface area (Å²) in [5.74, 6) is -2.22. The molecule has 2 aromatic carbocycles. The largest absolute Gasteiger partial charge is 0.872 e. The van der Waals surface area contributed by atoms with Gasteiger partial charge in [-0.25, -0.2) is 4.79 Å². The molecule has 0 heterocycles. The van der Waals surface area contributed by atoms with Crippen molar-refractivity contribution < 1.29 is 28.2 Å². The summed E-state index contributed by atoms with van der Waals surface area (Å²) >= 11 is 0. The van der Waals surface area contributed by atoms with Crippen molar-refractivity contribution >= 4 is 5.97 Å². The third-order valence-electron chi connectivity index (χ3n) is 2.75. The van der Waals surface area contributed by atoms with Crippen molar-refractivity contribution in [3.63, 3.8) is 0 Å². The zero-order valence-corrected chi connectivity index (χ0v) is 9.94. The third-order valence-corrected chi connectivity index (χ3v) is 2.75. The van der Waals surface area contributed by atoms with Gasteiger partial charge in [-0.3, -0.25) is 0 Å². The summed E-state index contributed by atoms with van der Waals surface area (Å²) in [6, 6.07) is 7.87. The molecule has 3 nitrogen and oxygen atoms in total. The summed E-state index contributed by atoms with van der Waals surface area (Å²) in [5.41, 5.74) is -1.56. The van der Waals surface area contributed by atoms with Crippen LogP contribution in [0, 0.1) is 0 Å². The lowest BCUT2D eigenvalue weighted by Gasteiger charge is -2.15. The van der Waals surface area contributed by atoms with Crippen LogP contribution in [-0.2, 0) is 6.18 Å². The van der Waals surface area contributed by atoms with Gasteiger partial charge in [0, 0.05) is 0 Å². The van der Waals surface area contributed by atoms with E-state index in [-0.39, 0.29) is 11.1 Å². The SMILES string of the molecule is O=C(O)c1cc(-c2ccccc2C(F)(F)F)ccc1[O-]. The maximum atomic E-state index is 12.9. The topological polar surface area (TPSA) is 60.4 Å². The molecule has 0 bridgehead atoms. The smallest absolute Gasteiger partial charge is 0.417 e. The molecule has 0 aliphatic rings. The van der Waals surface area contributed by atoms with E-state index < -0.39 is 29.0 Å². The molecule has 0 saturated carbocycles. The van der Waals surface area contributed by atoms with Crippen LogP contribution in [0.5, 0.6) is 5.75 Å². The van der Waals surface area contributed by atoms with Gasteiger partial charge in [0.05, 0.1) is 11.1 Å². The van der Waals surface area contributed by atoms with Crippen molar-refractivity contribution in [3.8, 4) is 16.9 Å². The van der Waals surface area contributed by atoms with Crippen LogP contribution < -0.4 is 5.11 Å². The summed E-state index contributed by atoms with van der Waals surface area (Å²) in [5, 5.41) is 20.2. The zero-order chi connectivity index (χ0) is 14.9. The van der Waals surface area contributed by atoms with Gasteiger partial charge in [-0.15, -0.1) is 0 Å². The van der Waals surface area contributed by atoms with Gasteiger partial charge in [-0.05, 0) is 23.3 Å². The maximum absolute atomic E-state index is 12.9. The van der Waals surface area contributed by atoms with Crippen LogP contribution in [0.2, 0.25) is 0 Å². The Labute approximate surface area is 111 Å². The van der Waals surface area contributed by atoms with Crippen LogP contribution in [0.15, 0.2) is 42.5 Å². The van der Waals surface area contributed by atoms with E-state index in [1.807, 2.05) is 0 Å². The highest BCUT2D eigenvalue weighted by Crippen LogP contribution is 2.37. The Bertz CT molecular complexity index is 663. The maximum Gasteiger partial charge on any atom is 0.417 e. The standard InChI is InChI=1S/C14H9F3O3/c15-14(16,17)11-4-2-1-3-9(11)8-5-6-12(18)10(7-8)13(19)20/h1-7,18H,(H,19,20)/p-1. The van der Waals surface area contributed by atoms with Gasteiger partial charge in [0.15, 0.2) is 0 Å². The first-order valence-electron chi connectivity index (χ1n) is 5.51. The van der Waals surface area contributed by atoms with E-state index in [1.165, 1.54) is 24.3 Å². The summed E-state index contributed by atoms with van der Waals surface area (Å²) in [4.78, 5) is 10.9. The zero-order valence-electron chi connectivity index (χ0n) is 9.94. The van der Waals surface area contributed by atoms with Crippen molar-refractivity contribution in [2.45, 2.75) is 6.18 Å². The predicted molar refractivity (Wildman–Crippen MR) is 63.3 cm³/mol. The number of hydrogen-bond donors (Lipinski definition) is 1. The normalized spacial score (nSPS) is 11.3. The van der Waals surface area contributed by atoms with Crippen LogP contribution >= 0.6 is 0 Å². The van der Waals surface area contributed by atoms with Crippen molar-refractivity contribution in [1.82, 2.24) is 0 Å². The van der Waals surface area contributed by atoms with Gasteiger partial charge in [0.1, 0.15) is 0 Å². The minimum atomic E-state index is -4.56. The molecule has 0 unspecified atom stereocenters. The lowest BCUT2D eigenvalue weighted by atomic mass is 9.97. The molecule has 0 saturated heterocycles. The second kappa shape index (κ2) is 4.88. The lowest BCUT2D eigenvalue weighted by Crippen LogP contribution is -2.08. The summed E-state index contributed by atoms with van der Waals surface area (Å²) in [7, 11) is 0. The Kier molecular flexibility index (Phi) is 3.40. The van der Waals surface area contributed by atoms with Crippen molar-refractivity contribution in [1.29, 1.82) is 0 Å². The Hall–Kier alpha value is -2.50. The van der Waals surface area contributed by atoms with E-state index in [2.05, 4.69) is 0 Å². The predicted octanol–water partition coefficient (Wildman–Crippen LogP) is 3.14. The number of hydrogen-bond acceptors (Lipinski definition) is 2. The molecule has 0 aromatic heterocycles. The molecule has 0 aliphatic carbocycles. The minimum Gasteiger partial charge on any atom is -0.872 e. The van der Waals surface area contributed by atoms with Crippen molar-refractivity contribution in [3.05, 3.63) is 53.6 Å².